The van der Waals surface area contributed by atoms with E-state index in [2.05, 4.69) is 56.5 Å². The van der Waals surface area contributed by atoms with Crippen molar-refractivity contribution in [1.82, 2.24) is 10.2 Å². The zero-order valence-corrected chi connectivity index (χ0v) is 22.9. The lowest BCUT2D eigenvalue weighted by molar-refractivity contribution is -0.130. The zero-order chi connectivity index (χ0) is 26.3. The van der Waals surface area contributed by atoms with Crippen LogP contribution in [0, 0.1) is 28.5 Å². The van der Waals surface area contributed by atoms with Gasteiger partial charge in [0.15, 0.2) is 0 Å². The molecule has 0 aromatic heterocycles. The maximum atomic E-state index is 13.8. The summed E-state index contributed by atoms with van der Waals surface area (Å²) in [6.45, 7) is 3.42. The first kappa shape index (κ1) is 25.3. The largest absolute Gasteiger partial charge is 0.355 e. The predicted molar refractivity (Wildman–Crippen MR) is 149 cm³/mol. The third-order valence-electron chi connectivity index (χ3n) is 8.88. The number of fused-ring (bicyclic) bond motifs is 1. The molecule has 0 saturated carbocycles. The van der Waals surface area contributed by atoms with E-state index in [-0.39, 0.29) is 17.6 Å². The summed E-state index contributed by atoms with van der Waals surface area (Å²) >= 11 is 4.02. The van der Waals surface area contributed by atoms with Gasteiger partial charge in [0.2, 0.25) is 5.91 Å². The quantitative estimate of drug-likeness (QED) is 0.356. The van der Waals surface area contributed by atoms with E-state index >= 15 is 0 Å². The number of hydrogen-bond acceptors (Lipinski definition) is 3. The van der Waals surface area contributed by atoms with Crippen molar-refractivity contribution in [3.63, 3.8) is 0 Å². The molecule has 4 aliphatic rings. The van der Waals surface area contributed by atoms with Crippen LogP contribution in [-0.2, 0) is 15.7 Å². The van der Waals surface area contributed by atoms with E-state index in [1.54, 1.807) is 0 Å². The molecule has 1 unspecified atom stereocenters. The van der Waals surface area contributed by atoms with Crippen molar-refractivity contribution in [3.05, 3.63) is 106 Å². The summed E-state index contributed by atoms with van der Waals surface area (Å²) < 4.78 is 12.6. The number of rotatable bonds is 6. The van der Waals surface area contributed by atoms with Crippen molar-refractivity contribution in [2.75, 3.05) is 19.6 Å². The second-order valence-electron chi connectivity index (χ2n) is 11.1. The van der Waals surface area contributed by atoms with Crippen LogP contribution in [0.2, 0.25) is 0 Å². The highest BCUT2D eigenvalue weighted by molar-refractivity contribution is 9.09. The van der Waals surface area contributed by atoms with Gasteiger partial charge in [0.1, 0.15) is 11.2 Å². The Morgan fingerprint density at radius 1 is 1.00 bits per heavy atom. The van der Waals surface area contributed by atoms with Crippen LogP contribution in [0.25, 0.3) is 0 Å². The fraction of sp³-hybridized carbons (Fsp3) is 0.375. The van der Waals surface area contributed by atoms with Gasteiger partial charge in [0, 0.05) is 19.0 Å². The SMILES string of the molecule is N#CC1(C(=O)NCCC2CCN(Cc3ccc(F)cc3)CC2)CC2(Br)c3ccccc3C1c1ccccc12. The molecule has 7 rings (SSSR count). The molecule has 0 radical (unpaired) electrons. The van der Waals surface area contributed by atoms with Crippen LogP contribution >= 0.6 is 15.9 Å². The van der Waals surface area contributed by atoms with Crippen molar-refractivity contribution in [2.45, 2.75) is 42.5 Å². The van der Waals surface area contributed by atoms with Crippen molar-refractivity contribution < 1.29 is 9.18 Å². The highest BCUT2D eigenvalue weighted by Gasteiger charge is 2.62. The Morgan fingerprint density at radius 3 is 2.21 bits per heavy atom. The van der Waals surface area contributed by atoms with Crippen LogP contribution in [0.3, 0.4) is 0 Å². The first-order chi connectivity index (χ1) is 18.4. The van der Waals surface area contributed by atoms with E-state index in [1.807, 2.05) is 36.4 Å². The summed E-state index contributed by atoms with van der Waals surface area (Å²) in [5.74, 6) is -0.0985. The molecule has 1 saturated heterocycles. The smallest absolute Gasteiger partial charge is 0.241 e. The summed E-state index contributed by atoms with van der Waals surface area (Å²) in [4.78, 5) is 16.2. The average Bonchev–Trinajstić information content (AvgIpc) is 2.95. The van der Waals surface area contributed by atoms with E-state index in [0.717, 1.165) is 66.7 Å². The van der Waals surface area contributed by atoms with Gasteiger partial charge in [-0.2, -0.15) is 5.26 Å². The van der Waals surface area contributed by atoms with Gasteiger partial charge in [-0.1, -0.05) is 76.6 Å². The summed E-state index contributed by atoms with van der Waals surface area (Å²) in [6, 6.07) is 25.7. The van der Waals surface area contributed by atoms with Crippen LogP contribution in [0.5, 0.6) is 0 Å². The van der Waals surface area contributed by atoms with Crippen LogP contribution in [0.4, 0.5) is 4.39 Å². The molecule has 1 aliphatic heterocycles. The fourth-order valence-corrected chi connectivity index (χ4v) is 8.10. The number of nitrogens with zero attached hydrogens (tertiary/aromatic N) is 2. The fourth-order valence-electron chi connectivity index (χ4n) is 6.93. The molecule has 3 aliphatic carbocycles. The maximum absolute atomic E-state index is 13.8. The number of halogens is 2. The van der Waals surface area contributed by atoms with Gasteiger partial charge in [-0.25, -0.2) is 4.39 Å². The average molecular weight is 573 g/mol. The molecule has 6 heteroatoms. The first-order valence-electron chi connectivity index (χ1n) is 13.5. The minimum atomic E-state index is -1.16. The first-order valence-corrected chi connectivity index (χ1v) is 14.3. The van der Waals surface area contributed by atoms with E-state index in [1.165, 1.54) is 12.1 Å². The third kappa shape index (κ3) is 4.17. The van der Waals surface area contributed by atoms with Gasteiger partial charge in [-0.3, -0.25) is 9.69 Å². The number of amides is 1. The molecule has 0 spiro atoms. The second kappa shape index (κ2) is 9.94. The molecule has 1 N–H and O–H groups in total. The number of carbonyl (C=O) groups excluding carboxylic acids is 1. The lowest BCUT2D eigenvalue weighted by Gasteiger charge is -2.53. The minimum absolute atomic E-state index is 0.161. The lowest BCUT2D eigenvalue weighted by atomic mass is 9.52. The van der Waals surface area contributed by atoms with Gasteiger partial charge >= 0.3 is 0 Å². The number of piperidine rings is 1. The number of nitrogens with one attached hydrogen (secondary N) is 1. The summed E-state index contributed by atoms with van der Waals surface area (Å²) in [7, 11) is 0. The molecule has 1 atom stereocenters. The molecular formula is C32H31BrFN3O. The molecular weight excluding hydrogens is 541 g/mol. The Kier molecular flexibility index (Phi) is 6.62. The molecule has 4 nitrogen and oxygen atoms in total. The number of alkyl halides is 1. The van der Waals surface area contributed by atoms with Crippen LogP contribution in [0.15, 0.2) is 72.8 Å². The van der Waals surface area contributed by atoms with Crippen molar-refractivity contribution in [2.24, 2.45) is 11.3 Å². The van der Waals surface area contributed by atoms with E-state index in [4.69, 9.17) is 0 Å². The molecule has 3 aromatic carbocycles. The van der Waals surface area contributed by atoms with Gasteiger partial charge in [-0.15, -0.1) is 0 Å². The highest BCUT2D eigenvalue weighted by Crippen LogP contribution is 2.65. The Balaban J connectivity index is 1.11. The predicted octanol–water partition coefficient (Wildman–Crippen LogP) is 6.24. The molecule has 3 aromatic rings. The topological polar surface area (TPSA) is 56.1 Å². The second-order valence-corrected chi connectivity index (χ2v) is 12.4. The van der Waals surface area contributed by atoms with Crippen molar-refractivity contribution >= 4 is 21.8 Å². The molecule has 2 bridgehead atoms. The zero-order valence-electron chi connectivity index (χ0n) is 21.3. The number of nitriles is 1. The monoisotopic (exact) mass is 571 g/mol. The summed E-state index contributed by atoms with van der Waals surface area (Å²) in [6.07, 6.45) is 3.49. The van der Waals surface area contributed by atoms with Crippen LogP contribution in [-0.4, -0.2) is 30.4 Å². The van der Waals surface area contributed by atoms with Crippen LogP contribution in [0.1, 0.15) is 59.4 Å². The lowest BCUT2D eigenvalue weighted by Crippen LogP contribution is -2.54. The third-order valence-corrected chi connectivity index (χ3v) is 10.0. The molecule has 1 fully saturated rings. The highest BCUT2D eigenvalue weighted by atomic mass is 79.9. The Morgan fingerprint density at radius 2 is 1.61 bits per heavy atom. The van der Waals surface area contributed by atoms with E-state index < -0.39 is 9.74 Å². The number of hydrogen-bond donors (Lipinski definition) is 1. The standard InChI is InChI=1S/C32H31BrFN3O/c33-32-20-31(21-35,29(25-5-1-3-7-27(25)32)26-6-2-4-8-28(26)32)30(38)36-16-13-22-14-17-37(18-15-22)19-23-9-11-24(34)12-10-23/h1-12,22,29H,13-20H2,(H,36,38). The summed E-state index contributed by atoms with van der Waals surface area (Å²) in [5, 5.41) is 13.7. The minimum Gasteiger partial charge on any atom is -0.355 e. The number of benzene rings is 3. The molecule has 38 heavy (non-hydrogen) atoms. The molecule has 1 heterocycles. The van der Waals surface area contributed by atoms with Gasteiger partial charge in [-0.05, 0) is 84.6 Å². The van der Waals surface area contributed by atoms with Crippen molar-refractivity contribution in [1.29, 1.82) is 5.26 Å². The summed E-state index contributed by atoms with van der Waals surface area (Å²) in [5.41, 5.74) is 4.43. The maximum Gasteiger partial charge on any atom is 0.241 e. The van der Waals surface area contributed by atoms with Crippen LogP contribution < -0.4 is 5.32 Å². The van der Waals surface area contributed by atoms with Gasteiger partial charge in [0.25, 0.3) is 0 Å². The number of carbonyl (C=O) groups is 1. The Bertz CT molecular complexity index is 1340. The van der Waals surface area contributed by atoms with E-state index in [0.29, 0.717) is 18.9 Å². The molecule has 1 amide bonds. The normalized spacial score (nSPS) is 26.3. The van der Waals surface area contributed by atoms with Crippen molar-refractivity contribution in [3.8, 4) is 6.07 Å². The van der Waals surface area contributed by atoms with Gasteiger partial charge in [0.05, 0.1) is 10.4 Å². The number of likely N-dealkylation sites (tertiary alicyclic amines) is 1. The van der Waals surface area contributed by atoms with E-state index in [9.17, 15) is 14.4 Å². The van der Waals surface area contributed by atoms with Gasteiger partial charge < -0.3 is 5.32 Å². The molecule has 194 valence electrons. The Labute approximate surface area is 232 Å². The Hall–Kier alpha value is -3.01.